The second-order valence-corrected chi connectivity index (χ2v) is 9.46. The van der Waals surface area contributed by atoms with Crippen LogP contribution in [-0.2, 0) is 14.1 Å². The second-order valence-electron chi connectivity index (χ2n) is 5.03. The average Bonchev–Trinajstić information content (AvgIpc) is 2.20. The number of rotatable bonds is 8. The third-order valence-electron chi connectivity index (χ3n) is 2.10. The van der Waals surface area contributed by atoms with E-state index in [9.17, 15) is 4.79 Å². The molecule has 0 aliphatic rings. The summed E-state index contributed by atoms with van der Waals surface area (Å²) < 4.78 is 5.40. The van der Waals surface area contributed by atoms with Gasteiger partial charge in [0, 0.05) is 6.42 Å². The van der Waals surface area contributed by atoms with E-state index in [0.717, 1.165) is 12.8 Å². The lowest BCUT2D eigenvalue weighted by Crippen LogP contribution is -2.33. The van der Waals surface area contributed by atoms with E-state index in [2.05, 4.69) is 12.1 Å². The van der Waals surface area contributed by atoms with Gasteiger partial charge in [-0.3, -0.25) is 0 Å². The van der Waals surface area contributed by atoms with Crippen molar-refractivity contribution in [3.05, 3.63) is 0 Å². The highest BCUT2D eigenvalue weighted by atomic mass is 28.4. The Morgan fingerprint density at radius 3 is 2.29 bits per heavy atom. The summed E-state index contributed by atoms with van der Waals surface area (Å²) in [5, 5.41) is 3.77. The number of nitrogens with zero attached hydrogens (tertiary/aromatic N) is 1. The van der Waals surface area contributed by atoms with Crippen molar-refractivity contribution in [1.82, 2.24) is 0 Å². The van der Waals surface area contributed by atoms with Crippen molar-refractivity contribution in [2.24, 2.45) is 5.16 Å². The zero-order chi connectivity index (χ0) is 13.3. The molecule has 0 aromatic heterocycles. The zero-order valence-electron chi connectivity index (χ0n) is 11.7. The van der Waals surface area contributed by atoms with Gasteiger partial charge in [-0.15, -0.1) is 0 Å². The van der Waals surface area contributed by atoms with Gasteiger partial charge in [-0.2, -0.15) is 0 Å². The summed E-state index contributed by atoms with van der Waals surface area (Å²) in [6, 6.07) is 0. The van der Waals surface area contributed by atoms with E-state index in [1.807, 2.05) is 19.6 Å². The molecule has 100 valence electrons. The van der Waals surface area contributed by atoms with Gasteiger partial charge in [0.25, 0.3) is 0 Å². The Morgan fingerprint density at radius 1 is 1.18 bits per heavy atom. The minimum Gasteiger partial charge on any atom is -0.515 e. The summed E-state index contributed by atoms with van der Waals surface area (Å²) in [7, 11) is -0.400. The molecule has 4 nitrogen and oxygen atoms in total. The van der Waals surface area contributed by atoms with Crippen LogP contribution in [0.15, 0.2) is 5.16 Å². The third-order valence-corrected chi connectivity index (χ3v) is 2.90. The molecule has 0 unspecified atom stereocenters. The van der Waals surface area contributed by atoms with Crippen LogP contribution in [0.3, 0.4) is 0 Å². The van der Waals surface area contributed by atoms with Gasteiger partial charge in [-0.25, -0.2) is 4.79 Å². The zero-order valence-corrected chi connectivity index (χ0v) is 12.7. The molecule has 5 heteroatoms. The summed E-state index contributed by atoms with van der Waals surface area (Å²) in [5.41, 5.74) is 0.408. The van der Waals surface area contributed by atoms with Crippen LogP contribution in [0.2, 0.25) is 19.6 Å². The molecule has 0 amide bonds. The number of hydrogen-bond acceptors (Lipinski definition) is 4. The maximum absolute atomic E-state index is 11.8. The van der Waals surface area contributed by atoms with Gasteiger partial charge in [0.1, 0.15) is 7.11 Å². The molecule has 0 fully saturated rings. The van der Waals surface area contributed by atoms with Crippen LogP contribution in [0.5, 0.6) is 0 Å². The van der Waals surface area contributed by atoms with E-state index in [0.29, 0.717) is 12.1 Å². The fourth-order valence-electron chi connectivity index (χ4n) is 1.35. The van der Waals surface area contributed by atoms with Crippen LogP contribution in [0.25, 0.3) is 0 Å². The van der Waals surface area contributed by atoms with Crippen LogP contribution in [0, 0.1) is 0 Å². The molecule has 0 spiro atoms. The van der Waals surface area contributed by atoms with Crippen LogP contribution in [0.1, 0.15) is 39.0 Å². The van der Waals surface area contributed by atoms with Crippen LogP contribution in [0.4, 0.5) is 0 Å². The lowest BCUT2D eigenvalue weighted by atomic mass is 10.1. The predicted octanol–water partition coefficient (Wildman–Crippen LogP) is 3.34. The number of carbonyl (C=O) groups is 1. The first-order valence-electron chi connectivity index (χ1n) is 6.24. The maximum Gasteiger partial charge on any atom is 0.342 e. The highest BCUT2D eigenvalue weighted by Gasteiger charge is 2.23. The Balaban J connectivity index is 4.23. The summed E-state index contributed by atoms with van der Waals surface area (Å²) in [6.45, 7) is 8.09. The molecule has 0 N–H and O–H groups in total. The number of unbranched alkanes of at least 4 members (excludes halogenated alkanes) is 3. The van der Waals surface area contributed by atoms with Gasteiger partial charge < -0.3 is 9.26 Å². The molecule has 0 aromatic rings. The van der Waals surface area contributed by atoms with Crippen LogP contribution < -0.4 is 0 Å². The lowest BCUT2D eigenvalue weighted by Gasteiger charge is -2.17. The van der Waals surface area contributed by atoms with Crippen molar-refractivity contribution in [1.29, 1.82) is 0 Å². The summed E-state index contributed by atoms with van der Waals surface area (Å²) >= 11 is 0. The van der Waals surface area contributed by atoms with Crippen molar-refractivity contribution >= 4 is 20.0 Å². The number of carbonyl (C=O) groups excluding carboxylic acids is 1. The Hall–Kier alpha value is -0.843. The fraction of sp³-hybridized carbons (Fsp3) is 0.833. The highest BCUT2D eigenvalue weighted by molar-refractivity contribution is 6.72. The van der Waals surface area contributed by atoms with E-state index in [1.165, 1.54) is 20.0 Å². The largest absolute Gasteiger partial charge is 0.515 e. The highest BCUT2D eigenvalue weighted by Crippen LogP contribution is 2.09. The Labute approximate surface area is 105 Å². The molecule has 0 aromatic carbocycles. The Morgan fingerprint density at radius 2 is 1.82 bits per heavy atom. The van der Waals surface area contributed by atoms with Crippen molar-refractivity contribution in [2.75, 3.05) is 7.11 Å². The number of hydrogen-bond donors (Lipinski definition) is 0. The van der Waals surface area contributed by atoms with Gasteiger partial charge in [0.15, 0.2) is 5.71 Å². The minimum atomic E-state index is -1.85. The summed E-state index contributed by atoms with van der Waals surface area (Å²) in [6.07, 6.45) is 5.06. The average molecular weight is 259 g/mol. The maximum atomic E-state index is 11.8. The first-order chi connectivity index (χ1) is 7.90. The molecule has 0 aliphatic carbocycles. The fourth-order valence-corrected chi connectivity index (χ4v) is 2.03. The third kappa shape index (κ3) is 8.91. The molecular weight excluding hydrogens is 234 g/mol. The van der Waals surface area contributed by atoms with Gasteiger partial charge in [-0.1, -0.05) is 31.3 Å². The van der Waals surface area contributed by atoms with Crippen LogP contribution >= 0.6 is 0 Å². The minimum absolute atomic E-state index is 0.317. The molecule has 0 bridgehead atoms. The van der Waals surface area contributed by atoms with E-state index in [4.69, 9.17) is 9.26 Å². The number of oxime groups is 1. The molecule has 0 radical (unpaired) electrons. The van der Waals surface area contributed by atoms with Gasteiger partial charge >= 0.3 is 5.97 Å². The summed E-state index contributed by atoms with van der Waals surface area (Å²) in [5.74, 6) is -0.317. The molecular formula is C12H25NO3Si. The first kappa shape index (κ1) is 16.2. The first-order valence-corrected chi connectivity index (χ1v) is 9.65. The van der Waals surface area contributed by atoms with Crippen LogP contribution in [-0.4, -0.2) is 27.1 Å². The van der Waals surface area contributed by atoms with E-state index < -0.39 is 8.32 Å². The normalized spacial score (nSPS) is 12.4. The SMILES string of the molecule is CCCCCCC(=NOC)C(=O)O[Si](C)(C)C. The smallest absolute Gasteiger partial charge is 0.342 e. The van der Waals surface area contributed by atoms with Gasteiger partial charge in [-0.05, 0) is 26.1 Å². The van der Waals surface area contributed by atoms with Gasteiger partial charge in [0.05, 0.1) is 0 Å². The molecule has 0 aliphatic heterocycles. The van der Waals surface area contributed by atoms with Crippen molar-refractivity contribution in [2.45, 2.75) is 58.7 Å². The molecule has 0 heterocycles. The summed E-state index contributed by atoms with van der Waals surface area (Å²) in [4.78, 5) is 16.5. The van der Waals surface area contributed by atoms with E-state index in [-0.39, 0.29) is 5.97 Å². The topological polar surface area (TPSA) is 47.9 Å². The molecule has 0 saturated carbocycles. The van der Waals surface area contributed by atoms with Crippen molar-refractivity contribution in [3.8, 4) is 0 Å². The molecule has 0 saturated heterocycles. The van der Waals surface area contributed by atoms with Crippen molar-refractivity contribution in [3.63, 3.8) is 0 Å². The van der Waals surface area contributed by atoms with E-state index >= 15 is 0 Å². The van der Waals surface area contributed by atoms with E-state index in [1.54, 1.807) is 0 Å². The molecule has 0 rings (SSSR count). The predicted molar refractivity (Wildman–Crippen MR) is 72.6 cm³/mol. The lowest BCUT2D eigenvalue weighted by molar-refractivity contribution is -0.128. The standard InChI is InChI=1S/C12H25NO3Si/c1-6-7-8-9-10-11(13-15-2)12(14)16-17(3,4)5/h6-10H2,1-5H3. The monoisotopic (exact) mass is 259 g/mol. The quantitative estimate of drug-likeness (QED) is 0.291. The second kappa shape index (κ2) is 8.28. The molecule has 17 heavy (non-hydrogen) atoms. The van der Waals surface area contributed by atoms with Crippen molar-refractivity contribution < 1.29 is 14.1 Å². The molecule has 0 atom stereocenters. The van der Waals surface area contributed by atoms with Gasteiger partial charge in [0.2, 0.25) is 8.32 Å². The Bertz CT molecular complexity index is 259. The Kier molecular flexibility index (Phi) is 7.87.